The lowest BCUT2D eigenvalue weighted by Crippen LogP contribution is -2.38. The molecule has 2 nitrogen and oxygen atoms in total. The highest BCUT2D eigenvalue weighted by molar-refractivity contribution is 9.10. The van der Waals surface area contributed by atoms with Crippen LogP contribution in [0, 0.1) is 5.92 Å². The van der Waals surface area contributed by atoms with E-state index in [4.69, 9.17) is 0 Å². The van der Waals surface area contributed by atoms with Crippen molar-refractivity contribution in [3.63, 3.8) is 0 Å². The summed E-state index contributed by atoms with van der Waals surface area (Å²) < 4.78 is 1.23. The minimum atomic E-state index is 0.826. The van der Waals surface area contributed by atoms with Crippen molar-refractivity contribution >= 4 is 15.9 Å². The quantitative estimate of drug-likeness (QED) is 0.879. The van der Waals surface area contributed by atoms with E-state index < -0.39 is 0 Å². The fourth-order valence-corrected chi connectivity index (χ4v) is 4.22. The maximum Gasteiger partial charge on any atom is 0.0241 e. The van der Waals surface area contributed by atoms with Gasteiger partial charge in [0.1, 0.15) is 0 Å². The molecule has 2 aliphatic rings. The van der Waals surface area contributed by atoms with Gasteiger partial charge < -0.3 is 10.2 Å². The summed E-state index contributed by atoms with van der Waals surface area (Å²) in [6.07, 6.45) is 6.98. The van der Waals surface area contributed by atoms with Crippen LogP contribution in [0.15, 0.2) is 28.7 Å². The topological polar surface area (TPSA) is 15.3 Å². The van der Waals surface area contributed by atoms with Crippen LogP contribution in [0.4, 0.5) is 0 Å². The minimum absolute atomic E-state index is 0.826. The number of nitrogens with one attached hydrogen (secondary N) is 1. The molecular weight excluding hydrogens is 312 g/mol. The summed E-state index contributed by atoms with van der Waals surface area (Å²) in [4.78, 5) is 2.46. The molecule has 0 amide bonds. The molecule has 110 valence electrons. The van der Waals surface area contributed by atoms with Crippen LogP contribution < -0.4 is 5.32 Å². The standard InChI is InChI=1S/C17H25BrN2/c1-20(12-14-4-2-3-5-17(14)18)9-8-13-10-15-6-7-16(11-13)19-15/h2-5,13,15-16,19H,6-12H2,1H3. The summed E-state index contributed by atoms with van der Waals surface area (Å²) in [5.41, 5.74) is 1.39. The summed E-state index contributed by atoms with van der Waals surface area (Å²) in [5, 5.41) is 3.74. The molecule has 2 unspecified atom stereocenters. The number of piperidine rings is 1. The lowest BCUT2D eigenvalue weighted by Gasteiger charge is -2.30. The largest absolute Gasteiger partial charge is 0.311 e. The number of rotatable bonds is 5. The van der Waals surface area contributed by atoms with Gasteiger partial charge in [0.25, 0.3) is 0 Å². The van der Waals surface area contributed by atoms with Crippen molar-refractivity contribution in [1.29, 1.82) is 0 Å². The van der Waals surface area contributed by atoms with Crippen LogP contribution in [0.25, 0.3) is 0 Å². The number of fused-ring (bicyclic) bond motifs is 2. The van der Waals surface area contributed by atoms with Crippen molar-refractivity contribution in [1.82, 2.24) is 10.2 Å². The Labute approximate surface area is 131 Å². The molecule has 2 aliphatic heterocycles. The molecule has 1 aromatic rings. The average molecular weight is 337 g/mol. The molecule has 2 heterocycles. The Morgan fingerprint density at radius 2 is 1.90 bits per heavy atom. The zero-order chi connectivity index (χ0) is 13.9. The predicted octanol–water partition coefficient (Wildman–Crippen LogP) is 3.80. The molecule has 1 aromatic carbocycles. The van der Waals surface area contributed by atoms with Crippen LogP contribution in [0.1, 0.15) is 37.7 Å². The van der Waals surface area contributed by atoms with E-state index in [2.05, 4.69) is 57.5 Å². The molecular formula is C17H25BrN2. The zero-order valence-electron chi connectivity index (χ0n) is 12.3. The Kier molecular flexibility index (Phi) is 4.79. The molecule has 0 saturated carbocycles. The Morgan fingerprint density at radius 1 is 1.20 bits per heavy atom. The van der Waals surface area contributed by atoms with Crippen LogP contribution in [-0.2, 0) is 6.54 Å². The van der Waals surface area contributed by atoms with E-state index in [-0.39, 0.29) is 0 Å². The van der Waals surface area contributed by atoms with Crippen molar-refractivity contribution in [2.45, 2.75) is 50.7 Å². The van der Waals surface area contributed by atoms with Crippen molar-refractivity contribution in [3.05, 3.63) is 34.3 Å². The minimum Gasteiger partial charge on any atom is -0.311 e. The summed E-state index contributed by atoms with van der Waals surface area (Å²) in [6.45, 7) is 2.25. The second-order valence-electron chi connectivity index (χ2n) is 6.59. The first-order valence-electron chi connectivity index (χ1n) is 7.88. The number of halogens is 1. The Bertz CT molecular complexity index is 436. The van der Waals surface area contributed by atoms with E-state index in [9.17, 15) is 0 Å². The van der Waals surface area contributed by atoms with Crippen LogP contribution in [0.2, 0.25) is 0 Å². The first-order chi connectivity index (χ1) is 9.70. The lowest BCUT2D eigenvalue weighted by atomic mass is 9.89. The molecule has 3 rings (SSSR count). The second-order valence-corrected chi connectivity index (χ2v) is 7.45. The predicted molar refractivity (Wildman–Crippen MR) is 87.8 cm³/mol. The smallest absolute Gasteiger partial charge is 0.0241 e. The van der Waals surface area contributed by atoms with Crippen molar-refractivity contribution in [3.8, 4) is 0 Å². The third-order valence-electron chi connectivity index (χ3n) is 4.89. The highest BCUT2D eigenvalue weighted by Gasteiger charge is 2.33. The zero-order valence-corrected chi connectivity index (χ0v) is 13.9. The van der Waals surface area contributed by atoms with Gasteiger partial charge in [-0.05, 0) is 63.2 Å². The van der Waals surface area contributed by atoms with Crippen LogP contribution in [0.5, 0.6) is 0 Å². The fraction of sp³-hybridized carbons (Fsp3) is 0.647. The van der Waals surface area contributed by atoms with Crippen LogP contribution in [0.3, 0.4) is 0 Å². The lowest BCUT2D eigenvalue weighted by molar-refractivity contribution is 0.238. The van der Waals surface area contributed by atoms with Crippen molar-refractivity contribution < 1.29 is 0 Å². The molecule has 2 bridgehead atoms. The molecule has 0 radical (unpaired) electrons. The molecule has 2 fully saturated rings. The third-order valence-corrected chi connectivity index (χ3v) is 5.66. The van der Waals surface area contributed by atoms with E-state index in [1.54, 1.807) is 0 Å². The van der Waals surface area contributed by atoms with Gasteiger partial charge >= 0.3 is 0 Å². The van der Waals surface area contributed by atoms with Gasteiger partial charge in [0.15, 0.2) is 0 Å². The van der Waals surface area contributed by atoms with E-state index in [1.807, 2.05) is 0 Å². The average Bonchev–Trinajstić information content (AvgIpc) is 2.78. The van der Waals surface area contributed by atoms with Gasteiger partial charge in [-0.25, -0.2) is 0 Å². The Morgan fingerprint density at radius 3 is 2.60 bits per heavy atom. The Hall–Kier alpha value is -0.380. The summed E-state index contributed by atoms with van der Waals surface area (Å²) in [7, 11) is 2.25. The summed E-state index contributed by atoms with van der Waals surface area (Å²) in [6, 6.07) is 10.2. The van der Waals surface area contributed by atoms with Gasteiger partial charge in [0.2, 0.25) is 0 Å². The molecule has 0 aliphatic carbocycles. The molecule has 2 saturated heterocycles. The molecule has 0 aromatic heterocycles. The number of benzene rings is 1. The SMILES string of the molecule is CN(CCC1CC2CCC(C1)N2)Cc1ccccc1Br. The first-order valence-corrected chi connectivity index (χ1v) is 8.68. The maximum atomic E-state index is 3.74. The molecule has 1 N–H and O–H groups in total. The summed E-state index contributed by atoms with van der Waals surface area (Å²) >= 11 is 3.64. The van der Waals surface area contributed by atoms with E-state index in [0.717, 1.165) is 24.5 Å². The van der Waals surface area contributed by atoms with Gasteiger partial charge in [-0.2, -0.15) is 0 Å². The van der Waals surface area contributed by atoms with E-state index in [0.29, 0.717) is 0 Å². The molecule has 20 heavy (non-hydrogen) atoms. The normalized spacial score (nSPS) is 29.1. The number of hydrogen-bond acceptors (Lipinski definition) is 2. The molecule has 3 heteroatoms. The highest BCUT2D eigenvalue weighted by Crippen LogP contribution is 2.32. The fourth-order valence-electron chi connectivity index (χ4n) is 3.81. The van der Waals surface area contributed by atoms with E-state index in [1.165, 1.54) is 48.7 Å². The van der Waals surface area contributed by atoms with Crippen molar-refractivity contribution in [2.75, 3.05) is 13.6 Å². The molecule has 0 spiro atoms. The van der Waals surface area contributed by atoms with Crippen LogP contribution >= 0.6 is 15.9 Å². The highest BCUT2D eigenvalue weighted by atomic mass is 79.9. The van der Waals surface area contributed by atoms with Gasteiger partial charge in [-0.1, -0.05) is 34.1 Å². The number of hydrogen-bond donors (Lipinski definition) is 1. The van der Waals surface area contributed by atoms with Gasteiger partial charge in [-0.3, -0.25) is 0 Å². The maximum absolute atomic E-state index is 3.74. The second kappa shape index (κ2) is 6.59. The first kappa shape index (κ1) is 14.6. The van der Waals surface area contributed by atoms with Gasteiger partial charge in [0, 0.05) is 23.1 Å². The Balaban J connectivity index is 1.45. The third kappa shape index (κ3) is 3.63. The van der Waals surface area contributed by atoms with Crippen LogP contribution in [-0.4, -0.2) is 30.6 Å². The van der Waals surface area contributed by atoms with Gasteiger partial charge in [0.05, 0.1) is 0 Å². The van der Waals surface area contributed by atoms with Crippen molar-refractivity contribution in [2.24, 2.45) is 5.92 Å². The monoisotopic (exact) mass is 336 g/mol. The summed E-state index contributed by atoms with van der Waals surface area (Å²) in [5.74, 6) is 0.940. The van der Waals surface area contributed by atoms with E-state index >= 15 is 0 Å². The number of nitrogens with zero attached hydrogens (tertiary/aromatic N) is 1. The molecule has 2 atom stereocenters. The van der Waals surface area contributed by atoms with Gasteiger partial charge in [-0.15, -0.1) is 0 Å².